The first kappa shape index (κ1) is 14.6. The summed E-state index contributed by atoms with van der Waals surface area (Å²) >= 11 is 0. The van der Waals surface area contributed by atoms with Crippen LogP contribution in [0.3, 0.4) is 0 Å². The maximum absolute atomic E-state index is 6.12. The molecule has 0 saturated carbocycles. The van der Waals surface area contributed by atoms with E-state index < -0.39 is 0 Å². The Morgan fingerprint density at radius 1 is 1.14 bits per heavy atom. The van der Waals surface area contributed by atoms with Crippen molar-refractivity contribution in [3.63, 3.8) is 0 Å². The Hall–Kier alpha value is -1.33. The van der Waals surface area contributed by atoms with Crippen molar-refractivity contribution in [2.24, 2.45) is 0 Å². The monoisotopic (exact) mass is 286 g/mol. The molecule has 0 bridgehead atoms. The predicted octanol–water partition coefficient (Wildman–Crippen LogP) is 2.76. The first-order chi connectivity index (χ1) is 9.71. The van der Waals surface area contributed by atoms with Crippen molar-refractivity contribution in [1.29, 1.82) is 0 Å². The van der Waals surface area contributed by atoms with Crippen LogP contribution in [-0.4, -0.2) is 27.7 Å². The number of aromatic nitrogens is 2. The molecule has 5 heteroatoms. The van der Waals surface area contributed by atoms with Crippen LogP contribution in [0.4, 0.5) is 0 Å². The van der Waals surface area contributed by atoms with Crippen molar-refractivity contribution in [2.45, 2.75) is 58.7 Å². The molecule has 1 fully saturated rings. The molecule has 1 aliphatic rings. The number of nitrogens with zero attached hydrogens (tertiary/aromatic N) is 2. The molecule has 3 rings (SSSR count). The highest BCUT2D eigenvalue weighted by Gasteiger charge is 2.51. The van der Waals surface area contributed by atoms with Crippen LogP contribution in [0.2, 0.25) is 0 Å². The zero-order chi connectivity index (χ0) is 15.4. The molecule has 0 aromatic carbocycles. The normalized spacial score (nSPS) is 20.6. The van der Waals surface area contributed by atoms with Gasteiger partial charge in [-0.3, -0.25) is 0 Å². The summed E-state index contributed by atoms with van der Waals surface area (Å²) in [6.07, 6.45) is 3.88. The van der Waals surface area contributed by atoms with Crippen molar-refractivity contribution >= 4 is 18.1 Å². The molecule has 0 spiro atoms. The summed E-state index contributed by atoms with van der Waals surface area (Å²) in [6, 6.07) is 4.17. The van der Waals surface area contributed by atoms with E-state index >= 15 is 0 Å². The first-order valence-corrected chi connectivity index (χ1v) is 7.53. The first-order valence-electron chi connectivity index (χ1n) is 7.53. The lowest BCUT2D eigenvalue weighted by Gasteiger charge is -2.32. The van der Waals surface area contributed by atoms with E-state index in [1.165, 1.54) is 0 Å². The van der Waals surface area contributed by atoms with Gasteiger partial charge in [-0.1, -0.05) is 13.8 Å². The Kier molecular flexibility index (Phi) is 3.19. The van der Waals surface area contributed by atoms with Gasteiger partial charge in [0.15, 0.2) is 0 Å². The molecule has 0 unspecified atom stereocenters. The summed E-state index contributed by atoms with van der Waals surface area (Å²) in [5, 5.41) is 0. The minimum Gasteiger partial charge on any atom is -0.399 e. The van der Waals surface area contributed by atoms with Gasteiger partial charge in [-0.25, -0.2) is 4.98 Å². The molecule has 112 valence electrons. The average molecular weight is 286 g/mol. The van der Waals surface area contributed by atoms with Gasteiger partial charge in [0.2, 0.25) is 0 Å². The molecule has 0 amide bonds. The third kappa shape index (κ3) is 2.28. The van der Waals surface area contributed by atoms with Gasteiger partial charge >= 0.3 is 7.12 Å². The standard InChI is InChI=1S/C16H23BN2O2/c1-11(2)14-13-9-12(7-8-19(13)10-18-14)17-20-15(3,4)16(5,6)21-17/h7-11H,1-6H3. The molecule has 2 aromatic rings. The fourth-order valence-corrected chi connectivity index (χ4v) is 2.60. The maximum Gasteiger partial charge on any atom is 0.494 e. The van der Waals surface area contributed by atoms with Crippen LogP contribution in [0.5, 0.6) is 0 Å². The van der Waals surface area contributed by atoms with Gasteiger partial charge in [0.1, 0.15) is 0 Å². The van der Waals surface area contributed by atoms with E-state index in [4.69, 9.17) is 9.31 Å². The molecule has 0 atom stereocenters. The van der Waals surface area contributed by atoms with Crippen LogP contribution in [0.25, 0.3) is 5.52 Å². The molecule has 0 radical (unpaired) electrons. The summed E-state index contributed by atoms with van der Waals surface area (Å²) in [5.74, 6) is 0.392. The molecular weight excluding hydrogens is 263 g/mol. The fraction of sp³-hybridized carbons (Fsp3) is 0.562. The van der Waals surface area contributed by atoms with Crippen LogP contribution < -0.4 is 5.46 Å². The van der Waals surface area contributed by atoms with Crippen LogP contribution in [0.1, 0.15) is 53.2 Å². The highest BCUT2D eigenvalue weighted by atomic mass is 16.7. The van der Waals surface area contributed by atoms with Gasteiger partial charge < -0.3 is 13.7 Å². The van der Waals surface area contributed by atoms with E-state index in [1.54, 1.807) is 0 Å². The van der Waals surface area contributed by atoms with Crippen molar-refractivity contribution < 1.29 is 9.31 Å². The Morgan fingerprint density at radius 2 is 1.76 bits per heavy atom. The third-order valence-corrected chi connectivity index (χ3v) is 4.67. The van der Waals surface area contributed by atoms with Gasteiger partial charge in [-0.2, -0.15) is 0 Å². The van der Waals surface area contributed by atoms with Gasteiger partial charge in [0, 0.05) is 6.20 Å². The predicted molar refractivity (Wildman–Crippen MR) is 85.0 cm³/mol. The summed E-state index contributed by atoms with van der Waals surface area (Å²) in [7, 11) is -0.324. The number of imidazole rings is 1. The van der Waals surface area contributed by atoms with Crippen LogP contribution in [-0.2, 0) is 9.31 Å². The second kappa shape index (κ2) is 4.58. The smallest absolute Gasteiger partial charge is 0.399 e. The number of rotatable bonds is 2. The summed E-state index contributed by atoms with van der Waals surface area (Å²) in [5.41, 5.74) is 2.64. The van der Waals surface area contributed by atoms with Crippen molar-refractivity contribution in [3.05, 3.63) is 30.4 Å². The molecular formula is C16H23BN2O2. The summed E-state index contributed by atoms with van der Waals surface area (Å²) in [4.78, 5) is 4.50. The number of hydrogen-bond donors (Lipinski definition) is 0. The lowest BCUT2D eigenvalue weighted by Crippen LogP contribution is -2.41. The van der Waals surface area contributed by atoms with E-state index in [1.807, 2.05) is 23.0 Å². The highest BCUT2D eigenvalue weighted by molar-refractivity contribution is 6.62. The van der Waals surface area contributed by atoms with E-state index in [9.17, 15) is 0 Å². The lowest BCUT2D eigenvalue weighted by molar-refractivity contribution is 0.00578. The van der Waals surface area contributed by atoms with Gasteiger partial charge in [-0.05, 0) is 51.2 Å². The van der Waals surface area contributed by atoms with E-state index in [0.29, 0.717) is 5.92 Å². The third-order valence-electron chi connectivity index (χ3n) is 4.67. The second-order valence-corrected chi connectivity index (χ2v) is 7.13. The van der Waals surface area contributed by atoms with Crippen molar-refractivity contribution in [3.8, 4) is 0 Å². The average Bonchev–Trinajstić information content (AvgIpc) is 2.87. The number of fused-ring (bicyclic) bond motifs is 1. The van der Waals surface area contributed by atoms with Crippen molar-refractivity contribution in [2.75, 3.05) is 0 Å². The second-order valence-electron chi connectivity index (χ2n) is 7.13. The Morgan fingerprint density at radius 3 is 2.33 bits per heavy atom. The topological polar surface area (TPSA) is 35.8 Å². The highest BCUT2D eigenvalue weighted by Crippen LogP contribution is 2.36. The summed E-state index contributed by atoms with van der Waals surface area (Å²) < 4.78 is 14.3. The van der Waals surface area contributed by atoms with E-state index in [-0.39, 0.29) is 18.3 Å². The van der Waals surface area contributed by atoms with Crippen LogP contribution >= 0.6 is 0 Å². The molecule has 21 heavy (non-hydrogen) atoms. The molecule has 1 saturated heterocycles. The van der Waals surface area contributed by atoms with Gasteiger partial charge in [-0.15, -0.1) is 0 Å². The van der Waals surface area contributed by atoms with E-state index in [0.717, 1.165) is 16.7 Å². The fourth-order valence-electron chi connectivity index (χ4n) is 2.60. The SMILES string of the molecule is CC(C)c1ncn2ccc(B3OC(C)(C)C(C)(C)O3)cc12. The van der Waals surface area contributed by atoms with Crippen LogP contribution in [0, 0.1) is 0 Å². The minimum absolute atomic E-state index is 0.315. The largest absolute Gasteiger partial charge is 0.494 e. The molecule has 4 nitrogen and oxygen atoms in total. The van der Waals surface area contributed by atoms with Gasteiger partial charge in [0.05, 0.1) is 28.7 Å². The molecule has 1 aliphatic heterocycles. The zero-order valence-electron chi connectivity index (χ0n) is 13.7. The van der Waals surface area contributed by atoms with Crippen LogP contribution in [0.15, 0.2) is 24.7 Å². The number of pyridine rings is 1. The Bertz CT molecular complexity index is 660. The Balaban J connectivity index is 2.01. The maximum atomic E-state index is 6.12. The molecule has 2 aromatic heterocycles. The molecule has 0 N–H and O–H groups in total. The minimum atomic E-state index is -0.324. The van der Waals surface area contributed by atoms with E-state index in [2.05, 4.69) is 52.6 Å². The zero-order valence-corrected chi connectivity index (χ0v) is 13.7. The quantitative estimate of drug-likeness (QED) is 0.796. The summed E-state index contributed by atoms with van der Waals surface area (Å²) in [6.45, 7) is 12.6. The van der Waals surface area contributed by atoms with Crippen molar-refractivity contribution in [1.82, 2.24) is 9.38 Å². The van der Waals surface area contributed by atoms with Gasteiger partial charge in [0.25, 0.3) is 0 Å². The molecule has 0 aliphatic carbocycles. The molecule has 3 heterocycles. The number of hydrogen-bond acceptors (Lipinski definition) is 3. The lowest BCUT2D eigenvalue weighted by atomic mass is 9.79. The Labute approximate surface area is 126 Å².